The maximum atomic E-state index is 13.3. The van der Waals surface area contributed by atoms with Gasteiger partial charge in [-0.05, 0) is 43.0 Å². The molecule has 0 aromatic heterocycles. The lowest BCUT2D eigenvalue weighted by Crippen LogP contribution is -2.33. The van der Waals surface area contributed by atoms with E-state index in [0.717, 1.165) is 60.2 Å². The van der Waals surface area contributed by atoms with Crippen LogP contribution < -0.4 is 15.5 Å². The molecular formula is C36H56N3O6PS2. The Morgan fingerprint density at radius 2 is 1.56 bits per heavy atom. The standard InChI is InChI=1S/C33H44N3O6PS2.C3H8.2H2/c1-26(15-18-31(37)34-21-9-3-4-10-23-42-43(2,40)41)45-44-24-22-35-32(38)19-20-33(39)36-25-29-13-6-5-11-27(29)16-17-28-12-7-8-14-30(28)36;1-3-2;;/h5-8,11-14,26H,3-4,9-10,15,18-25H2,1-2H3,(H,34,37)(H,35,38)(H,40,41);3H2,1-2H3;2*1H. The number of fused-ring (bicyclic) bond motifs is 2. The number of anilines is 1. The van der Waals surface area contributed by atoms with E-state index in [-0.39, 0.29) is 40.0 Å². The van der Waals surface area contributed by atoms with E-state index in [9.17, 15) is 18.9 Å². The number of unbranched alkanes of at least 4 members (excludes halogenated alkanes) is 3. The first-order valence-corrected chi connectivity index (χ1v) is 21.2. The average Bonchev–Trinajstić information content (AvgIpc) is 3.04. The number of para-hydroxylation sites is 1. The van der Waals surface area contributed by atoms with Gasteiger partial charge in [0.25, 0.3) is 0 Å². The number of nitrogens with one attached hydrogen (secondary N) is 2. The smallest absolute Gasteiger partial charge is 0.325 e. The molecule has 9 nitrogen and oxygen atoms in total. The van der Waals surface area contributed by atoms with Crippen LogP contribution in [0.3, 0.4) is 0 Å². The number of hydrogen-bond acceptors (Lipinski definition) is 7. The molecule has 0 bridgehead atoms. The van der Waals surface area contributed by atoms with Gasteiger partial charge >= 0.3 is 7.60 Å². The monoisotopic (exact) mass is 721 g/mol. The van der Waals surface area contributed by atoms with Gasteiger partial charge in [-0.15, -0.1) is 0 Å². The highest BCUT2D eigenvalue weighted by Crippen LogP contribution is 2.36. The molecule has 0 fully saturated rings. The molecule has 1 aliphatic heterocycles. The number of hydrogen-bond donors (Lipinski definition) is 3. The first-order valence-electron chi connectivity index (χ1n) is 16.8. The number of carbonyl (C=O) groups excluding carboxylic acids is 3. The number of rotatable bonds is 19. The molecule has 3 N–H and O–H groups in total. The van der Waals surface area contributed by atoms with Crippen molar-refractivity contribution in [3.8, 4) is 11.8 Å². The molecule has 3 rings (SSSR count). The Balaban J connectivity index is 0.00000463. The van der Waals surface area contributed by atoms with Crippen molar-refractivity contribution in [3.05, 3.63) is 65.2 Å². The highest BCUT2D eigenvalue weighted by molar-refractivity contribution is 8.76. The fraction of sp³-hybridized carbons (Fsp3) is 0.528. The van der Waals surface area contributed by atoms with Crippen molar-refractivity contribution in [2.75, 3.05) is 37.0 Å². The van der Waals surface area contributed by atoms with E-state index in [1.54, 1.807) is 26.5 Å². The second-order valence-corrected chi connectivity index (χ2v) is 16.4. The van der Waals surface area contributed by atoms with Gasteiger partial charge in [0.15, 0.2) is 0 Å². The van der Waals surface area contributed by atoms with Gasteiger partial charge < -0.3 is 25.0 Å². The van der Waals surface area contributed by atoms with Crippen LogP contribution in [0.1, 0.15) is 98.1 Å². The van der Waals surface area contributed by atoms with Crippen LogP contribution in [-0.2, 0) is 30.0 Å². The SMILES string of the molecule is CC(CCC(=O)NCCCCCCOP(C)(=O)O)SSCCNC(=O)CCC(=O)N1Cc2ccccc2C#Cc2ccccc21.CCC.[HH].[HH]. The first-order chi connectivity index (χ1) is 23.0. The Bertz CT molecular complexity index is 1420. The first kappa shape index (κ1) is 41.4. The Kier molecular flexibility index (Phi) is 20.4. The highest BCUT2D eigenvalue weighted by atomic mass is 33.1. The summed E-state index contributed by atoms with van der Waals surface area (Å²) in [6.07, 6.45) is 6.12. The van der Waals surface area contributed by atoms with Crippen LogP contribution in [-0.4, -0.2) is 60.0 Å². The van der Waals surface area contributed by atoms with Crippen LogP contribution in [0.25, 0.3) is 0 Å². The van der Waals surface area contributed by atoms with E-state index >= 15 is 0 Å². The molecule has 48 heavy (non-hydrogen) atoms. The van der Waals surface area contributed by atoms with Crippen molar-refractivity contribution in [3.63, 3.8) is 0 Å². The summed E-state index contributed by atoms with van der Waals surface area (Å²) in [5.41, 5.74) is 3.43. The van der Waals surface area contributed by atoms with Gasteiger partial charge in [0.05, 0.1) is 18.8 Å². The summed E-state index contributed by atoms with van der Waals surface area (Å²) >= 11 is 0. The van der Waals surface area contributed by atoms with E-state index in [4.69, 9.17) is 9.42 Å². The molecule has 12 heteroatoms. The zero-order valence-electron chi connectivity index (χ0n) is 28.8. The average molecular weight is 722 g/mol. The van der Waals surface area contributed by atoms with Crippen LogP contribution >= 0.6 is 29.2 Å². The van der Waals surface area contributed by atoms with E-state index in [1.807, 2.05) is 48.5 Å². The lowest BCUT2D eigenvalue weighted by Gasteiger charge is -2.26. The van der Waals surface area contributed by atoms with E-state index < -0.39 is 7.60 Å². The maximum Gasteiger partial charge on any atom is 0.325 e. The molecule has 2 unspecified atom stereocenters. The van der Waals surface area contributed by atoms with Crippen molar-refractivity contribution in [2.45, 2.75) is 90.4 Å². The second kappa shape index (κ2) is 23.6. The largest absolute Gasteiger partial charge is 0.356 e. The molecule has 0 saturated carbocycles. The third-order valence-electron chi connectivity index (χ3n) is 6.98. The van der Waals surface area contributed by atoms with Crippen LogP contribution in [0.2, 0.25) is 0 Å². The molecule has 0 aliphatic carbocycles. The molecule has 268 valence electrons. The van der Waals surface area contributed by atoms with Crippen molar-refractivity contribution in [1.82, 2.24) is 10.6 Å². The van der Waals surface area contributed by atoms with Crippen molar-refractivity contribution >= 4 is 52.6 Å². The summed E-state index contributed by atoms with van der Waals surface area (Å²) < 4.78 is 15.9. The lowest BCUT2D eigenvalue weighted by atomic mass is 10.0. The van der Waals surface area contributed by atoms with Gasteiger partial charge in [0.2, 0.25) is 17.7 Å². The van der Waals surface area contributed by atoms with E-state index in [1.165, 1.54) is 13.1 Å². The van der Waals surface area contributed by atoms with Crippen LogP contribution in [0.5, 0.6) is 0 Å². The zero-order chi connectivity index (χ0) is 35.2. The fourth-order valence-corrected chi connectivity index (χ4v) is 7.28. The van der Waals surface area contributed by atoms with E-state index in [2.05, 4.69) is 43.2 Å². The molecule has 2 aromatic rings. The Morgan fingerprint density at radius 3 is 2.31 bits per heavy atom. The molecule has 0 radical (unpaired) electrons. The van der Waals surface area contributed by atoms with Gasteiger partial charge in [-0.1, -0.05) is 104 Å². The Hall–Kier alpha value is -2.74. The Labute approximate surface area is 298 Å². The van der Waals surface area contributed by atoms with Crippen LogP contribution in [0, 0.1) is 11.8 Å². The van der Waals surface area contributed by atoms with Crippen LogP contribution in [0.15, 0.2) is 48.5 Å². The summed E-state index contributed by atoms with van der Waals surface area (Å²) in [5.74, 6) is 6.92. The molecule has 3 amide bonds. The molecule has 0 spiro atoms. The second-order valence-electron chi connectivity index (χ2n) is 11.6. The number of benzene rings is 2. The van der Waals surface area contributed by atoms with Gasteiger partial charge in [-0.25, -0.2) is 0 Å². The molecule has 2 atom stereocenters. The molecular weight excluding hydrogens is 666 g/mol. The van der Waals surface area contributed by atoms with Gasteiger partial charge in [-0.3, -0.25) is 18.9 Å². The summed E-state index contributed by atoms with van der Waals surface area (Å²) in [6, 6.07) is 15.4. The zero-order valence-corrected chi connectivity index (χ0v) is 31.3. The molecule has 1 aliphatic rings. The minimum absolute atomic E-state index is 0. The number of carbonyl (C=O) groups is 3. The summed E-state index contributed by atoms with van der Waals surface area (Å²) in [6.45, 7) is 9.34. The predicted octanol–water partition coefficient (Wildman–Crippen LogP) is 7.80. The third-order valence-corrected chi connectivity index (χ3v) is 10.6. The molecule has 1 heterocycles. The highest BCUT2D eigenvalue weighted by Gasteiger charge is 2.21. The third kappa shape index (κ3) is 17.6. The topological polar surface area (TPSA) is 125 Å². The normalized spacial score (nSPS) is 13.5. The minimum Gasteiger partial charge on any atom is -0.356 e. The van der Waals surface area contributed by atoms with E-state index in [0.29, 0.717) is 31.3 Å². The number of nitrogens with zero attached hydrogens (tertiary/aromatic N) is 1. The predicted molar refractivity (Wildman–Crippen MR) is 204 cm³/mol. The molecule has 2 aromatic carbocycles. The summed E-state index contributed by atoms with van der Waals surface area (Å²) in [7, 11) is -0.0223. The quantitative estimate of drug-likeness (QED) is 0.0581. The lowest BCUT2D eigenvalue weighted by molar-refractivity contribution is -0.125. The summed E-state index contributed by atoms with van der Waals surface area (Å²) in [5, 5.41) is 6.16. The minimum atomic E-state index is -3.39. The van der Waals surface area contributed by atoms with Crippen molar-refractivity contribution in [1.29, 1.82) is 0 Å². The van der Waals surface area contributed by atoms with Gasteiger partial charge in [-0.2, -0.15) is 0 Å². The maximum absolute atomic E-state index is 13.3. The van der Waals surface area contributed by atoms with Gasteiger partial charge in [0.1, 0.15) is 0 Å². The molecule has 0 saturated heterocycles. The van der Waals surface area contributed by atoms with Gasteiger partial charge in [0, 0.05) is 64.0 Å². The fourth-order valence-electron chi connectivity index (χ4n) is 4.56. The summed E-state index contributed by atoms with van der Waals surface area (Å²) in [4.78, 5) is 48.7. The Morgan fingerprint density at radius 1 is 0.938 bits per heavy atom. The van der Waals surface area contributed by atoms with Crippen molar-refractivity contribution in [2.24, 2.45) is 0 Å². The number of amides is 3. The van der Waals surface area contributed by atoms with Crippen LogP contribution in [0.4, 0.5) is 5.69 Å². The van der Waals surface area contributed by atoms with Crippen molar-refractivity contribution < 1.29 is 31.2 Å².